The van der Waals surface area contributed by atoms with E-state index in [1.807, 2.05) is 6.07 Å². The quantitative estimate of drug-likeness (QED) is 0.128. The van der Waals surface area contributed by atoms with Crippen molar-refractivity contribution in [2.75, 3.05) is 0 Å². The molecule has 0 unspecified atom stereocenters. The van der Waals surface area contributed by atoms with Crippen molar-refractivity contribution >= 4 is 10.8 Å². The SMILES string of the molecule is CC(C)c1ccc(C(C)C)cc1.CC(C)c1ccc2ccccc2c1.CC(C)c1cccc(C(C)C)c1.CC(C)c1ccccc1.CC(C)c1ccccc1C(C)C.Cc1ccc(C(C)C)cc1C(C)C. The zero-order valence-corrected chi connectivity index (χ0v) is 48.9. The Morgan fingerprint density at radius 1 is 0.197 bits per heavy atom. The smallest absolute Gasteiger partial charge is 0.0181 e. The van der Waals surface area contributed by atoms with E-state index in [2.05, 4.69) is 303 Å². The van der Waals surface area contributed by atoms with Crippen LogP contribution in [0.4, 0.5) is 0 Å². The first-order valence-electron chi connectivity index (χ1n) is 27.4. The fraction of sp³-hybridized carbons (Fsp3) is 0.437. The average molecular weight is 954 g/mol. The first-order chi connectivity index (χ1) is 33.4. The third-order valence-corrected chi connectivity index (χ3v) is 13.3. The van der Waals surface area contributed by atoms with Crippen LogP contribution in [0.1, 0.15) is 259 Å². The van der Waals surface area contributed by atoms with Crippen LogP contribution in [0.3, 0.4) is 0 Å². The summed E-state index contributed by atoms with van der Waals surface area (Å²) in [7, 11) is 0. The zero-order valence-electron chi connectivity index (χ0n) is 48.9. The van der Waals surface area contributed by atoms with Crippen molar-refractivity contribution in [3.63, 3.8) is 0 Å². The number of rotatable bonds is 10. The number of fused-ring (bicyclic) bond motifs is 1. The summed E-state index contributed by atoms with van der Waals surface area (Å²) in [6.07, 6.45) is 0. The molecule has 0 N–H and O–H groups in total. The highest BCUT2D eigenvalue weighted by molar-refractivity contribution is 5.83. The molecule has 384 valence electrons. The molecule has 71 heavy (non-hydrogen) atoms. The Kier molecular flexibility index (Phi) is 27.9. The van der Waals surface area contributed by atoms with Crippen molar-refractivity contribution in [2.45, 2.75) is 205 Å². The van der Waals surface area contributed by atoms with Gasteiger partial charge < -0.3 is 0 Å². The molecule has 7 aromatic rings. The topological polar surface area (TPSA) is 0 Å². The van der Waals surface area contributed by atoms with Gasteiger partial charge in [0.05, 0.1) is 0 Å². The number of benzene rings is 7. The van der Waals surface area contributed by atoms with Crippen LogP contribution in [0.5, 0.6) is 0 Å². The summed E-state index contributed by atoms with van der Waals surface area (Å²) in [4.78, 5) is 0. The first kappa shape index (κ1) is 61.9. The molecule has 0 nitrogen and oxygen atoms in total. The van der Waals surface area contributed by atoms with Gasteiger partial charge in [-0.25, -0.2) is 0 Å². The first-order valence-corrected chi connectivity index (χ1v) is 27.4. The maximum atomic E-state index is 2.35. The summed E-state index contributed by atoms with van der Waals surface area (Å²) < 4.78 is 0. The van der Waals surface area contributed by atoms with Crippen molar-refractivity contribution in [1.82, 2.24) is 0 Å². The predicted molar refractivity (Wildman–Crippen MR) is 322 cm³/mol. The number of hydrogen-bond donors (Lipinski definition) is 0. The lowest BCUT2D eigenvalue weighted by Crippen LogP contribution is -1.97. The summed E-state index contributed by atoms with van der Waals surface area (Å²) in [5.74, 6) is 6.41. The number of aryl methyl sites for hydroxylation is 1. The molecule has 0 spiro atoms. The van der Waals surface area contributed by atoms with E-state index in [-0.39, 0.29) is 0 Å². The minimum atomic E-state index is 0.615. The Morgan fingerprint density at radius 2 is 0.493 bits per heavy atom. The molecule has 0 aliphatic heterocycles. The highest BCUT2D eigenvalue weighted by atomic mass is 14.1. The predicted octanol–water partition coefficient (Wildman–Crippen LogP) is 22.8. The van der Waals surface area contributed by atoms with E-state index in [1.54, 1.807) is 0 Å². The van der Waals surface area contributed by atoms with Gasteiger partial charge in [0.15, 0.2) is 0 Å². The molecule has 0 heterocycles. The molecule has 0 aliphatic rings. The molecule has 0 fully saturated rings. The van der Waals surface area contributed by atoms with Gasteiger partial charge in [-0.15, -0.1) is 0 Å². The average Bonchev–Trinajstić information content (AvgIpc) is 3.35. The fourth-order valence-electron chi connectivity index (χ4n) is 8.15. The molecular formula is C71H100. The van der Waals surface area contributed by atoms with Gasteiger partial charge in [0.25, 0.3) is 0 Å². The normalized spacial score (nSPS) is 11.0. The van der Waals surface area contributed by atoms with Crippen molar-refractivity contribution in [3.05, 3.63) is 225 Å². The Balaban J connectivity index is 0.000000293. The summed E-state index contributed by atoms with van der Waals surface area (Å²) in [6.45, 7) is 46.9. The van der Waals surface area contributed by atoms with E-state index >= 15 is 0 Å². The lowest BCUT2D eigenvalue weighted by Gasteiger charge is -2.14. The van der Waals surface area contributed by atoms with Crippen molar-refractivity contribution < 1.29 is 0 Å². The van der Waals surface area contributed by atoms with Crippen LogP contribution in [0.15, 0.2) is 164 Å². The second-order valence-corrected chi connectivity index (χ2v) is 22.6. The number of hydrogen-bond acceptors (Lipinski definition) is 0. The minimum absolute atomic E-state index is 0.615. The molecule has 0 aromatic heterocycles. The van der Waals surface area contributed by atoms with Crippen LogP contribution in [0, 0.1) is 6.92 Å². The molecular weight excluding hydrogens is 853 g/mol. The highest BCUT2D eigenvalue weighted by Crippen LogP contribution is 2.27. The molecule has 0 radical (unpaired) electrons. The van der Waals surface area contributed by atoms with Crippen molar-refractivity contribution in [1.29, 1.82) is 0 Å². The van der Waals surface area contributed by atoms with Crippen LogP contribution in [0.25, 0.3) is 10.8 Å². The maximum absolute atomic E-state index is 2.35. The van der Waals surface area contributed by atoms with Crippen LogP contribution in [-0.2, 0) is 0 Å². The molecule has 7 rings (SSSR count). The molecule has 0 saturated carbocycles. The minimum Gasteiger partial charge on any atom is -0.0622 e. The second kappa shape index (κ2) is 32.0. The molecule has 7 aromatic carbocycles. The van der Waals surface area contributed by atoms with Gasteiger partial charge in [-0.3, -0.25) is 0 Å². The fourth-order valence-corrected chi connectivity index (χ4v) is 8.15. The second-order valence-electron chi connectivity index (χ2n) is 22.6. The van der Waals surface area contributed by atoms with E-state index in [9.17, 15) is 0 Å². The largest absolute Gasteiger partial charge is 0.0622 e. The van der Waals surface area contributed by atoms with Crippen molar-refractivity contribution in [2.24, 2.45) is 0 Å². The monoisotopic (exact) mass is 953 g/mol. The van der Waals surface area contributed by atoms with Crippen LogP contribution in [-0.4, -0.2) is 0 Å². The lowest BCUT2D eigenvalue weighted by atomic mass is 9.91. The highest BCUT2D eigenvalue weighted by Gasteiger charge is 2.09. The van der Waals surface area contributed by atoms with Crippen molar-refractivity contribution in [3.8, 4) is 0 Å². The Labute approximate surface area is 438 Å². The van der Waals surface area contributed by atoms with E-state index in [0.717, 1.165) is 0 Å². The van der Waals surface area contributed by atoms with E-state index < -0.39 is 0 Å². The summed E-state index contributed by atoms with van der Waals surface area (Å²) in [5.41, 5.74) is 15.9. The Hall–Kier alpha value is -5.20. The van der Waals surface area contributed by atoms with Gasteiger partial charge >= 0.3 is 0 Å². The molecule has 0 atom stereocenters. The van der Waals surface area contributed by atoms with Gasteiger partial charge in [-0.05, 0) is 138 Å². The Morgan fingerprint density at radius 3 is 0.873 bits per heavy atom. The van der Waals surface area contributed by atoms with Crippen LogP contribution in [0.2, 0.25) is 0 Å². The summed E-state index contributed by atoms with van der Waals surface area (Å²) in [6, 6.07) is 59.1. The maximum Gasteiger partial charge on any atom is -0.0181 e. The van der Waals surface area contributed by atoms with E-state index in [4.69, 9.17) is 0 Å². The molecule has 0 saturated heterocycles. The van der Waals surface area contributed by atoms with E-state index in [1.165, 1.54) is 72.0 Å². The van der Waals surface area contributed by atoms with Gasteiger partial charge in [0.2, 0.25) is 0 Å². The zero-order chi connectivity index (χ0) is 53.4. The van der Waals surface area contributed by atoms with Crippen LogP contribution >= 0.6 is 0 Å². The molecule has 0 amide bonds. The summed E-state index contributed by atoms with van der Waals surface area (Å²) >= 11 is 0. The Bertz CT molecular complexity index is 2410. The third-order valence-electron chi connectivity index (χ3n) is 13.3. The van der Waals surface area contributed by atoms with Gasteiger partial charge in [-0.1, -0.05) is 302 Å². The van der Waals surface area contributed by atoms with Gasteiger partial charge in [0, 0.05) is 0 Å². The third kappa shape index (κ3) is 22.4. The van der Waals surface area contributed by atoms with E-state index in [0.29, 0.717) is 59.2 Å². The van der Waals surface area contributed by atoms with Crippen LogP contribution < -0.4 is 0 Å². The molecule has 0 aliphatic carbocycles. The van der Waals surface area contributed by atoms with Gasteiger partial charge in [0.1, 0.15) is 0 Å². The molecule has 0 bridgehead atoms. The molecule has 0 heteroatoms. The standard InChI is InChI=1S/C13H14.C13H20.3C12H18.C9H12/c1-10(2)12-8-7-11-5-3-4-6-13(11)9-12;1-9(2)12-7-6-11(5)13(8-12)10(3)4;1-9(2)11-5-7-12(8-6-11)10(3)4;1-9(2)11-6-5-7-12(8-11)10(3)4;1-9(2)11-7-5-6-8-12(11)10(3)4;1-8(2)9-6-4-3-5-7-9/h3-10H,1-2H3;6-10H,1-5H3;3*5-10H,1-4H3;3-8H,1-2H3. The van der Waals surface area contributed by atoms with Gasteiger partial charge in [-0.2, -0.15) is 0 Å². The lowest BCUT2D eigenvalue weighted by molar-refractivity contribution is 0.790. The summed E-state index contributed by atoms with van der Waals surface area (Å²) in [5, 5.41) is 2.67.